The normalized spacial score (nSPS) is 22.2. The van der Waals surface area contributed by atoms with E-state index in [1.54, 1.807) is 12.3 Å². The first-order valence-corrected chi connectivity index (χ1v) is 4.97. The smallest absolute Gasteiger partial charge is 0.266 e. The summed E-state index contributed by atoms with van der Waals surface area (Å²) in [6.07, 6.45) is 1.71. The first-order valence-electron chi connectivity index (χ1n) is 4.59. The molecule has 1 aromatic heterocycles. The third kappa shape index (κ3) is 1.97. The van der Waals surface area contributed by atoms with E-state index in [0.717, 1.165) is 25.2 Å². The number of hydrogen-bond donors (Lipinski definition) is 3. The van der Waals surface area contributed by atoms with Gasteiger partial charge in [0.15, 0.2) is 0 Å². The summed E-state index contributed by atoms with van der Waals surface area (Å²) in [7, 11) is 0. The van der Waals surface area contributed by atoms with Crippen LogP contribution in [0.4, 0.5) is 0 Å². The minimum Gasteiger partial charge on any atom is -0.327 e. The lowest BCUT2D eigenvalue weighted by molar-refractivity contribution is 0.429. The number of nitrogens with one attached hydrogen (secondary N) is 3. The minimum atomic E-state index is -0.237. The van der Waals surface area contributed by atoms with Gasteiger partial charge in [0.05, 0.1) is 0 Å². The number of rotatable bonds is 1. The number of aromatic nitrogens is 1. The van der Waals surface area contributed by atoms with Crippen molar-refractivity contribution in [1.29, 1.82) is 0 Å². The molecule has 1 saturated heterocycles. The third-order valence-electron chi connectivity index (χ3n) is 2.32. The SMILES string of the molecule is O=c1[nH]cc(C2CNCCN2)cc1Cl. The zero-order valence-corrected chi connectivity index (χ0v) is 8.40. The highest BCUT2D eigenvalue weighted by molar-refractivity contribution is 6.30. The van der Waals surface area contributed by atoms with Crippen LogP contribution in [0, 0.1) is 0 Å². The second kappa shape index (κ2) is 4.13. The molecule has 0 bridgehead atoms. The van der Waals surface area contributed by atoms with Crippen LogP contribution in [0.1, 0.15) is 11.6 Å². The van der Waals surface area contributed by atoms with Crippen LogP contribution in [0.3, 0.4) is 0 Å². The fourth-order valence-electron chi connectivity index (χ4n) is 1.56. The van der Waals surface area contributed by atoms with E-state index in [-0.39, 0.29) is 16.6 Å². The predicted octanol–water partition coefficient (Wildman–Crippen LogP) is 0.262. The van der Waals surface area contributed by atoms with Gasteiger partial charge in [-0.1, -0.05) is 11.6 Å². The van der Waals surface area contributed by atoms with Crippen LogP contribution in [0.15, 0.2) is 17.1 Å². The molecule has 0 aliphatic carbocycles. The van der Waals surface area contributed by atoms with Gasteiger partial charge in [0.1, 0.15) is 5.02 Å². The molecular weight excluding hydrogens is 202 g/mol. The Kier molecular flexibility index (Phi) is 2.86. The summed E-state index contributed by atoms with van der Waals surface area (Å²) in [6.45, 7) is 2.78. The van der Waals surface area contributed by atoms with Gasteiger partial charge in [-0.05, 0) is 11.6 Å². The van der Waals surface area contributed by atoms with Gasteiger partial charge >= 0.3 is 0 Å². The van der Waals surface area contributed by atoms with E-state index < -0.39 is 0 Å². The molecule has 2 heterocycles. The molecule has 1 aliphatic heterocycles. The Labute approximate surface area is 86.7 Å². The summed E-state index contributed by atoms with van der Waals surface area (Å²) in [5, 5.41) is 6.85. The first-order chi connectivity index (χ1) is 6.77. The molecule has 2 rings (SSSR count). The van der Waals surface area contributed by atoms with Crippen LogP contribution < -0.4 is 16.2 Å². The summed E-state index contributed by atoms with van der Waals surface area (Å²) < 4.78 is 0. The monoisotopic (exact) mass is 213 g/mol. The summed E-state index contributed by atoms with van der Waals surface area (Å²) in [6, 6.07) is 1.95. The Balaban J connectivity index is 2.22. The molecule has 4 nitrogen and oxygen atoms in total. The highest BCUT2D eigenvalue weighted by Gasteiger charge is 2.14. The first kappa shape index (κ1) is 9.71. The van der Waals surface area contributed by atoms with Gasteiger partial charge in [-0.15, -0.1) is 0 Å². The molecule has 14 heavy (non-hydrogen) atoms. The average molecular weight is 214 g/mol. The largest absolute Gasteiger partial charge is 0.327 e. The highest BCUT2D eigenvalue weighted by Crippen LogP contribution is 2.14. The van der Waals surface area contributed by atoms with Gasteiger partial charge in [-0.25, -0.2) is 0 Å². The molecule has 1 aliphatic rings. The number of halogens is 1. The van der Waals surface area contributed by atoms with Crippen LogP contribution >= 0.6 is 11.6 Å². The summed E-state index contributed by atoms with van der Waals surface area (Å²) >= 11 is 5.74. The second-order valence-electron chi connectivity index (χ2n) is 3.32. The molecule has 0 amide bonds. The van der Waals surface area contributed by atoms with E-state index in [1.165, 1.54) is 0 Å². The van der Waals surface area contributed by atoms with Gasteiger partial charge in [0.25, 0.3) is 5.56 Å². The van der Waals surface area contributed by atoms with Gasteiger partial charge in [0, 0.05) is 31.9 Å². The van der Waals surface area contributed by atoms with Crippen molar-refractivity contribution in [3.05, 3.63) is 33.2 Å². The van der Waals surface area contributed by atoms with Crippen molar-refractivity contribution in [1.82, 2.24) is 15.6 Å². The molecule has 3 N–H and O–H groups in total. The van der Waals surface area contributed by atoms with Crippen molar-refractivity contribution >= 4 is 11.6 Å². The highest BCUT2D eigenvalue weighted by atomic mass is 35.5. The van der Waals surface area contributed by atoms with E-state index in [1.807, 2.05) is 0 Å². The third-order valence-corrected chi connectivity index (χ3v) is 2.60. The van der Waals surface area contributed by atoms with Crippen molar-refractivity contribution < 1.29 is 0 Å². The maximum atomic E-state index is 11.0. The quantitative estimate of drug-likeness (QED) is 0.628. The van der Waals surface area contributed by atoms with Gasteiger partial charge < -0.3 is 15.6 Å². The Hall–Kier alpha value is -0.840. The fourth-order valence-corrected chi connectivity index (χ4v) is 1.74. The Morgan fingerprint density at radius 1 is 1.43 bits per heavy atom. The zero-order chi connectivity index (χ0) is 9.97. The maximum Gasteiger partial charge on any atom is 0.266 e. The average Bonchev–Trinajstić information content (AvgIpc) is 2.23. The molecule has 1 aromatic rings. The van der Waals surface area contributed by atoms with Crippen molar-refractivity contribution in [3.8, 4) is 0 Å². The van der Waals surface area contributed by atoms with E-state index >= 15 is 0 Å². The summed E-state index contributed by atoms with van der Waals surface area (Å²) in [4.78, 5) is 13.6. The Bertz CT molecular complexity index is 371. The number of hydrogen-bond acceptors (Lipinski definition) is 3. The molecular formula is C9H12ClN3O. The minimum absolute atomic E-state index is 0.234. The Morgan fingerprint density at radius 3 is 2.93 bits per heavy atom. The molecule has 1 atom stereocenters. The molecule has 1 fully saturated rings. The standard InChI is InChI=1S/C9H12ClN3O/c10-7-3-6(4-13-9(7)14)8-5-11-1-2-12-8/h3-4,8,11-12H,1-2,5H2,(H,13,14). The Morgan fingerprint density at radius 2 is 2.29 bits per heavy atom. The van der Waals surface area contributed by atoms with Crippen LogP contribution in [0.25, 0.3) is 0 Å². The summed E-state index contributed by atoms with van der Waals surface area (Å²) in [5.41, 5.74) is 0.779. The zero-order valence-electron chi connectivity index (χ0n) is 7.64. The van der Waals surface area contributed by atoms with Gasteiger partial charge in [-0.2, -0.15) is 0 Å². The number of H-pyrrole nitrogens is 1. The topological polar surface area (TPSA) is 56.9 Å². The molecule has 0 aromatic carbocycles. The molecule has 0 spiro atoms. The van der Waals surface area contributed by atoms with Crippen LogP contribution in [0.5, 0.6) is 0 Å². The molecule has 5 heteroatoms. The molecule has 1 unspecified atom stereocenters. The van der Waals surface area contributed by atoms with Crippen molar-refractivity contribution in [2.45, 2.75) is 6.04 Å². The van der Waals surface area contributed by atoms with E-state index in [0.29, 0.717) is 0 Å². The lowest BCUT2D eigenvalue weighted by Gasteiger charge is -2.24. The fraction of sp³-hybridized carbons (Fsp3) is 0.444. The van der Waals surface area contributed by atoms with Crippen molar-refractivity contribution in [2.24, 2.45) is 0 Å². The van der Waals surface area contributed by atoms with Gasteiger partial charge in [0.2, 0.25) is 0 Å². The summed E-state index contributed by atoms with van der Waals surface area (Å²) in [5.74, 6) is 0. The molecule has 0 radical (unpaired) electrons. The van der Waals surface area contributed by atoms with E-state index in [2.05, 4.69) is 15.6 Å². The van der Waals surface area contributed by atoms with Crippen LogP contribution in [-0.2, 0) is 0 Å². The second-order valence-corrected chi connectivity index (χ2v) is 3.73. The van der Waals surface area contributed by atoms with E-state index in [9.17, 15) is 4.79 Å². The molecule has 0 saturated carbocycles. The van der Waals surface area contributed by atoms with Gasteiger partial charge in [-0.3, -0.25) is 4.79 Å². The van der Waals surface area contributed by atoms with Crippen LogP contribution in [-0.4, -0.2) is 24.6 Å². The van der Waals surface area contributed by atoms with E-state index in [4.69, 9.17) is 11.6 Å². The predicted molar refractivity (Wildman–Crippen MR) is 55.7 cm³/mol. The van der Waals surface area contributed by atoms with Crippen molar-refractivity contribution in [2.75, 3.05) is 19.6 Å². The lowest BCUT2D eigenvalue weighted by atomic mass is 10.1. The molecule has 76 valence electrons. The number of aromatic amines is 1. The number of pyridine rings is 1. The lowest BCUT2D eigenvalue weighted by Crippen LogP contribution is -2.42. The van der Waals surface area contributed by atoms with Crippen molar-refractivity contribution in [3.63, 3.8) is 0 Å². The number of piperazine rings is 1. The van der Waals surface area contributed by atoms with Crippen LogP contribution in [0.2, 0.25) is 5.02 Å². The maximum absolute atomic E-state index is 11.0.